The zero-order chi connectivity index (χ0) is 10.7. The Labute approximate surface area is 89.5 Å². The second-order valence-corrected chi connectivity index (χ2v) is 3.79. The summed E-state index contributed by atoms with van der Waals surface area (Å²) in [7, 11) is 0. The Hall–Kier alpha value is -1.75. The predicted molar refractivity (Wildman–Crippen MR) is 61.6 cm³/mol. The van der Waals surface area contributed by atoms with Gasteiger partial charge in [-0.3, -0.25) is 0 Å². The number of fused-ring (bicyclic) bond motifs is 1. The minimum Gasteiger partial charge on any atom is -0.361 e. The molecule has 76 valence electrons. The van der Waals surface area contributed by atoms with Crippen LogP contribution in [-0.4, -0.2) is 4.98 Å². The normalized spacial score (nSPS) is 10.4. The molecule has 0 saturated heterocycles. The Balaban J connectivity index is 2.43. The van der Waals surface area contributed by atoms with Crippen molar-refractivity contribution in [1.82, 2.24) is 4.98 Å². The van der Waals surface area contributed by atoms with Gasteiger partial charge in [-0.25, -0.2) is 0 Å². The van der Waals surface area contributed by atoms with Gasteiger partial charge in [0.05, 0.1) is 11.6 Å². The molecule has 1 aromatic heterocycles. The van der Waals surface area contributed by atoms with E-state index in [1.54, 1.807) is 0 Å². The molecule has 0 aliphatic rings. The molecule has 2 heteroatoms. The van der Waals surface area contributed by atoms with Crippen molar-refractivity contribution in [3.05, 3.63) is 35.5 Å². The average Bonchev–Trinajstić information content (AvgIpc) is 2.68. The van der Waals surface area contributed by atoms with Crippen molar-refractivity contribution in [1.29, 1.82) is 5.26 Å². The van der Waals surface area contributed by atoms with E-state index in [1.807, 2.05) is 18.2 Å². The summed E-state index contributed by atoms with van der Waals surface area (Å²) in [5, 5.41) is 10.0. The lowest BCUT2D eigenvalue weighted by molar-refractivity contribution is 0.799. The van der Waals surface area contributed by atoms with E-state index in [-0.39, 0.29) is 0 Å². The molecule has 0 bridgehead atoms. The van der Waals surface area contributed by atoms with E-state index in [4.69, 9.17) is 5.26 Å². The molecular formula is C13H14N2. The molecule has 1 heterocycles. The van der Waals surface area contributed by atoms with Gasteiger partial charge in [-0.2, -0.15) is 5.26 Å². The SMILES string of the molecule is CCCCc1c[nH]c2ccc(C#N)cc12. The van der Waals surface area contributed by atoms with Gasteiger partial charge in [-0.15, -0.1) is 0 Å². The largest absolute Gasteiger partial charge is 0.361 e. The highest BCUT2D eigenvalue weighted by Crippen LogP contribution is 2.21. The summed E-state index contributed by atoms with van der Waals surface area (Å²) < 4.78 is 0. The third-order valence-corrected chi connectivity index (χ3v) is 2.70. The summed E-state index contributed by atoms with van der Waals surface area (Å²) >= 11 is 0. The van der Waals surface area contributed by atoms with Crippen molar-refractivity contribution in [2.75, 3.05) is 0 Å². The lowest BCUT2D eigenvalue weighted by Crippen LogP contribution is -1.82. The lowest BCUT2D eigenvalue weighted by Gasteiger charge is -1.97. The highest BCUT2D eigenvalue weighted by Gasteiger charge is 2.03. The number of H-pyrrole nitrogens is 1. The first-order valence-electron chi connectivity index (χ1n) is 5.35. The summed E-state index contributed by atoms with van der Waals surface area (Å²) in [6, 6.07) is 7.97. The molecule has 15 heavy (non-hydrogen) atoms. The zero-order valence-electron chi connectivity index (χ0n) is 8.88. The third-order valence-electron chi connectivity index (χ3n) is 2.70. The Morgan fingerprint density at radius 1 is 1.40 bits per heavy atom. The van der Waals surface area contributed by atoms with Gasteiger partial charge in [0.15, 0.2) is 0 Å². The van der Waals surface area contributed by atoms with Gasteiger partial charge in [0.2, 0.25) is 0 Å². The Morgan fingerprint density at radius 3 is 3.00 bits per heavy atom. The number of aromatic amines is 1. The first-order valence-corrected chi connectivity index (χ1v) is 5.35. The standard InChI is InChI=1S/C13H14N2/c1-2-3-4-11-9-15-13-6-5-10(8-14)7-12(11)13/h5-7,9,15H,2-4H2,1H3. The number of nitrogens with one attached hydrogen (secondary N) is 1. The fraction of sp³-hybridized carbons (Fsp3) is 0.308. The van der Waals surface area contributed by atoms with Crippen molar-refractivity contribution in [2.45, 2.75) is 26.2 Å². The molecule has 0 spiro atoms. The Bertz CT molecular complexity index is 503. The molecule has 2 nitrogen and oxygen atoms in total. The highest BCUT2D eigenvalue weighted by molar-refractivity contribution is 5.84. The Morgan fingerprint density at radius 2 is 2.27 bits per heavy atom. The molecule has 0 fully saturated rings. The molecule has 2 rings (SSSR count). The smallest absolute Gasteiger partial charge is 0.0991 e. The molecule has 0 unspecified atom stereocenters. The summed E-state index contributed by atoms with van der Waals surface area (Å²) in [4.78, 5) is 3.24. The van der Waals surface area contributed by atoms with Crippen LogP contribution in [-0.2, 0) is 6.42 Å². The first kappa shape index (κ1) is 9.79. The second kappa shape index (κ2) is 4.18. The average molecular weight is 198 g/mol. The minimum atomic E-state index is 0.736. The van der Waals surface area contributed by atoms with Crippen LogP contribution < -0.4 is 0 Å². The van der Waals surface area contributed by atoms with Crippen molar-refractivity contribution in [3.63, 3.8) is 0 Å². The fourth-order valence-corrected chi connectivity index (χ4v) is 1.82. The van der Waals surface area contributed by atoms with Gasteiger partial charge >= 0.3 is 0 Å². The van der Waals surface area contributed by atoms with E-state index in [0.717, 1.165) is 17.5 Å². The summed E-state index contributed by atoms with van der Waals surface area (Å²) in [5.41, 5.74) is 3.18. The number of hydrogen-bond acceptors (Lipinski definition) is 1. The predicted octanol–water partition coefficient (Wildman–Crippen LogP) is 3.38. The van der Waals surface area contributed by atoms with Gasteiger partial charge < -0.3 is 4.98 Å². The van der Waals surface area contributed by atoms with Crippen LogP contribution >= 0.6 is 0 Å². The second-order valence-electron chi connectivity index (χ2n) is 3.79. The number of nitriles is 1. The van der Waals surface area contributed by atoms with Crippen molar-refractivity contribution >= 4 is 10.9 Å². The fourth-order valence-electron chi connectivity index (χ4n) is 1.82. The van der Waals surface area contributed by atoms with Gasteiger partial charge in [-0.1, -0.05) is 13.3 Å². The van der Waals surface area contributed by atoms with Crippen LogP contribution in [0.25, 0.3) is 10.9 Å². The maximum atomic E-state index is 8.84. The van der Waals surface area contributed by atoms with Crippen LogP contribution in [0.5, 0.6) is 0 Å². The van der Waals surface area contributed by atoms with Crippen LogP contribution in [0.2, 0.25) is 0 Å². The number of benzene rings is 1. The zero-order valence-corrected chi connectivity index (χ0v) is 8.88. The first-order chi connectivity index (χ1) is 7.35. The summed E-state index contributed by atoms with van der Waals surface area (Å²) in [6.07, 6.45) is 5.54. The topological polar surface area (TPSA) is 39.6 Å². The van der Waals surface area contributed by atoms with Crippen LogP contribution in [0.3, 0.4) is 0 Å². The maximum Gasteiger partial charge on any atom is 0.0991 e. The Kier molecular flexibility index (Phi) is 2.73. The van der Waals surface area contributed by atoms with Crippen molar-refractivity contribution in [2.24, 2.45) is 0 Å². The van der Waals surface area contributed by atoms with E-state index in [9.17, 15) is 0 Å². The number of hydrogen-bond donors (Lipinski definition) is 1. The molecule has 0 amide bonds. The molecule has 0 aliphatic heterocycles. The monoisotopic (exact) mass is 198 g/mol. The van der Waals surface area contributed by atoms with Crippen LogP contribution in [0.4, 0.5) is 0 Å². The number of aromatic nitrogens is 1. The quantitative estimate of drug-likeness (QED) is 0.806. The summed E-state index contributed by atoms with van der Waals surface area (Å²) in [5.74, 6) is 0. The maximum absolute atomic E-state index is 8.84. The van der Waals surface area contributed by atoms with E-state index in [2.05, 4.69) is 24.2 Å². The highest BCUT2D eigenvalue weighted by atomic mass is 14.7. The van der Waals surface area contributed by atoms with Gasteiger partial charge in [0, 0.05) is 17.1 Å². The molecule has 0 aliphatic carbocycles. The van der Waals surface area contributed by atoms with E-state index >= 15 is 0 Å². The number of nitrogens with zero attached hydrogens (tertiary/aromatic N) is 1. The van der Waals surface area contributed by atoms with Gasteiger partial charge in [0.25, 0.3) is 0 Å². The van der Waals surface area contributed by atoms with E-state index in [0.29, 0.717) is 0 Å². The van der Waals surface area contributed by atoms with Crippen LogP contribution in [0.1, 0.15) is 30.9 Å². The van der Waals surface area contributed by atoms with Gasteiger partial charge in [0.1, 0.15) is 0 Å². The van der Waals surface area contributed by atoms with Crippen LogP contribution in [0.15, 0.2) is 24.4 Å². The van der Waals surface area contributed by atoms with Crippen molar-refractivity contribution in [3.8, 4) is 6.07 Å². The molecule has 0 radical (unpaired) electrons. The number of rotatable bonds is 3. The summed E-state index contributed by atoms with van der Waals surface area (Å²) in [6.45, 7) is 2.19. The van der Waals surface area contributed by atoms with E-state index in [1.165, 1.54) is 23.8 Å². The van der Waals surface area contributed by atoms with Crippen LogP contribution in [0, 0.1) is 11.3 Å². The number of unbranched alkanes of at least 4 members (excludes halogenated alkanes) is 1. The number of aryl methyl sites for hydroxylation is 1. The van der Waals surface area contributed by atoms with E-state index < -0.39 is 0 Å². The molecule has 2 aromatic rings. The lowest BCUT2D eigenvalue weighted by atomic mass is 10.1. The van der Waals surface area contributed by atoms with Gasteiger partial charge in [-0.05, 0) is 36.6 Å². The molecule has 1 N–H and O–H groups in total. The molecular weight excluding hydrogens is 184 g/mol. The molecule has 0 atom stereocenters. The molecule has 1 aromatic carbocycles. The molecule has 0 saturated carbocycles. The van der Waals surface area contributed by atoms with Crippen molar-refractivity contribution < 1.29 is 0 Å². The minimum absolute atomic E-state index is 0.736. The third kappa shape index (κ3) is 1.87.